The number of carbonyl (C=O) groups excluding carboxylic acids is 1. The minimum atomic E-state index is -0.391. The summed E-state index contributed by atoms with van der Waals surface area (Å²) in [4.78, 5) is 16.2. The molecule has 24 heavy (non-hydrogen) atoms. The lowest BCUT2D eigenvalue weighted by Crippen LogP contribution is -2.08. The van der Waals surface area contributed by atoms with Crippen molar-refractivity contribution in [3.8, 4) is 5.75 Å². The van der Waals surface area contributed by atoms with Crippen LogP contribution in [0, 0.1) is 0 Å². The predicted octanol–water partition coefficient (Wildman–Crippen LogP) is 3.23. The minimum Gasteiger partial charge on any atom is -0.497 e. The van der Waals surface area contributed by atoms with Crippen LogP contribution in [0.5, 0.6) is 5.75 Å². The van der Waals surface area contributed by atoms with Crippen molar-refractivity contribution in [1.82, 2.24) is 10.1 Å². The third kappa shape index (κ3) is 3.40. The second kappa shape index (κ2) is 6.74. The Hall–Kier alpha value is -2.83. The summed E-state index contributed by atoms with van der Waals surface area (Å²) in [5.41, 5.74) is 1.42. The molecule has 2 aromatic heterocycles. The van der Waals surface area contributed by atoms with E-state index in [1.165, 1.54) is 0 Å². The topological polar surface area (TPSA) is 87.6 Å². The normalized spacial score (nSPS) is 11.2. The van der Waals surface area contributed by atoms with Gasteiger partial charge in [0.1, 0.15) is 11.3 Å². The Kier molecular flexibility index (Phi) is 4.50. The van der Waals surface area contributed by atoms with E-state index in [2.05, 4.69) is 10.1 Å². The molecular formula is C17H18N2O5. The summed E-state index contributed by atoms with van der Waals surface area (Å²) >= 11 is 0. The number of fused-ring (bicyclic) bond motifs is 1. The fourth-order valence-electron chi connectivity index (χ4n) is 2.24. The lowest BCUT2D eigenvalue weighted by atomic mass is 10.1. The van der Waals surface area contributed by atoms with Crippen LogP contribution in [0.25, 0.3) is 11.0 Å². The molecule has 126 valence electrons. The Bertz CT molecular complexity index is 850. The van der Waals surface area contributed by atoms with E-state index in [0.29, 0.717) is 17.2 Å². The lowest BCUT2D eigenvalue weighted by molar-refractivity contribution is -0.144. The number of hydrogen-bond acceptors (Lipinski definition) is 7. The molecule has 0 aliphatic carbocycles. The van der Waals surface area contributed by atoms with Crippen LogP contribution in [0.1, 0.15) is 37.0 Å². The van der Waals surface area contributed by atoms with Crippen LogP contribution in [0.15, 0.2) is 33.4 Å². The molecule has 0 N–H and O–H groups in total. The lowest BCUT2D eigenvalue weighted by Gasteiger charge is -2.01. The molecule has 0 bridgehead atoms. The standard InChI is InChI=1S/C17H18N2O5/c1-10(2)17-18-15(24-19-17)9-23-16(20)6-11-8-22-14-7-12(21-3)4-5-13(11)14/h4-5,7-8,10H,6,9H2,1-3H3. The molecule has 2 heterocycles. The molecular weight excluding hydrogens is 312 g/mol. The molecule has 1 aromatic carbocycles. The molecule has 7 heteroatoms. The molecule has 3 aromatic rings. The first kappa shape index (κ1) is 16.0. The summed E-state index contributed by atoms with van der Waals surface area (Å²) in [5.74, 6) is 1.35. The maximum Gasteiger partial charge on any atom is 0.310 e. The highest BCUT2D eigenvalue weighted by Gasteiger charge is 2.15. The first-order valence-electron chi connectivity index (χ1n) is 7.59. The number of furan rings is 1. The zero-order chi connectivity index (χ0) is 17.1. The number of rotatable bonds is 6. The van der Waals surface area contributed by atoms with Gasteiger partial charge in [-0.05, 0) is 12.1 Å². The Morgan fingerprint density at radius 1 is 1.33 bits per heavy atom. The van der Waals surface area contributed by atoms with Gasteiger partial charge >= 0.3 is 5.97 Å². The van der Waals surface area contributed by atoms with Gasteiger partial charge < -0.3 is 18.4 Å². The molecule has 0 aliphatic heterocycles. The summed E-state index contributed by atoms with van der Waals surface area (Å²) in [6, 6.07) is 5.45. The number of esters is 1. The Morgan fingerprint density at radius 2 is 2.17 bits per heavy atom. The van der Waals surface area contributed by atoms with Crippen LogP contribution in [-0.4, -0.2) is 23.2 Å². The van der Waals surface area contributed by atoms with Crippen molar-refractivity contribution in [3.05, 3.63) is 41.7 Å². The van der Waals surface area contributed by atoms with E-state index in [0.717, 1.165) is 10.9 Å². The van der Waals surface area contributed by atoms with Crippen molar-refractivity contribution < 1.29 is 23.2 Å². The zero-order valence-corrected chi connectivity index (χ0v) is 13.7. The van der Waals surface area contributed by atoms with Crippen molar-refractivity contribution >= 4 is 16.9 Å². The van der Waals surface area contributed by atoms with E-state index in [-0.39, 0.29) is 24.8 Å². The summed E-state index contributed by atoms with van der Waals surface area (Å²) in [6.45, 7) is 3.88. The number of carbonyl (C=O) groups is 1. The van der Waals surface area contributed by atoms with Gasteiger partial charge in [-0.15, -0.1) is 0 Å². The number of aromatic nitrogens is 2. The fourth-order valence-corrected chi connectivity index (χ4v) is 2.24. The molecule has 0 saturated carbocycles. The van der Waals surface area contributed by atoms with Crippen molar-refractivity contribution in [2.45, 2.75) is 32.8 Å². The summed E-state index contributed by atoms with van der Waals surface area (Å²) < 4.78 is 20.8. The fraction of sp³-hybridized carbons (Fsp3) is 0.353. The molecule has 0 aliphatic rings. The molecule has 0 radical (unpaired) electrons. The number of nitrogens with zero attached hydrogens (tertiary/aromatic N) is 2. The van der Waals surface area contributed by atoms with Crippen molar-refractivity contribution in [2.75, 3.05) is 7.11 Å². The molecule has 0 atom stereocenters. The molecule has 0 saturated heterocycles. The van der Waals surface area contributed by atoms with Gasteiger partial charge in [-0.3, -0.25) is 4.79 Å². The van der Waals surface area contributed by atoms with Gasteiger partial charge in [-0.1, -0.05) is 19.0 Å². The zero-order valence-electron chi connectivity index (χ0n) is 13.7. The van der Waals surface area contributed by atoms with Gasteiger partial charge in [0.05, 0.1) is 19.8 Å². The Morgan fingerprint density at radius 3 is 2.88 bits per heavy atom. The van der Waals surface area contributed by atoms with Gasteiger partial charge in [0.2, 0.25) is 0 Å². The Balaban J connectivity index is 1.62. The quantitative estimate of drug-likeness (QED) is 0.641. The van der Waals surface area contributed by atoms with E-state index >= 15 is 0 Å². The van der Waals surface area contributed by atoms with Gasteiger partial charge in [0.25, 0.3) is 5.89 Å². The third-order valence-electron chi connectivity index (χ3n) is 3.55. The van der Waals surface area contributed by atoms with Crippen LogP contribution in [0.3, 0.4) is 0 Å². The maximum atomic E-state index is 12.0. The van der Waals surface area contributed by atoms with E-state index in [9.17, 15) is 4.79 Å². The smallest absolute Gasteiger partial charge is 0.310 e. The average Bonchev–Trinajstić information content (AvgIpc) is 3.20. The number of hydrogen-bond donors (Lipinski definition) is 0. The van der Waals surface area contributed by atoms with Crippen molar-refractivity contribution in [3.63, 3.8) is 0 Å². The van der Waals surface area contributed by atoms with E-state index in [1.54, 1.807) is 19.4 Å². The average molecular weight is 330 g/mol. The molecule has 0 spiro atoms. The van der Waals surface area contributed by atoms with Crippen LogP contribution in [-0.2, 0) is 22.6 Å². The van der Waals surface area contributed by atoms with E-state index in [4.69, 9.17) is 18.4 Å². The molecule has 3 rings (SSSR count). The predicted molar refractivity (Wildman–Crippen MR) is 84.7 cm³/mol. The van der Waals surface area contributed by atoms with Crippen molar-refractivity contribution in [1.29, 1.82) is 0 Å². The Labute approximate surface area is 138 Å². The summed E-state index contributed by atoms with van der Waals surface area (Å²) in [5, 5.41) is 4.68. The van der Waals surface area contributed by atoms with Gasteiger partial charge in [0.15, 0.2) is 12.4 Å². The summed E-state index contributed by atoms with van der Waals surface area (Å²) in [6.07, 6.45) is 1.65. The number of benzene rings is 1. The van der Waals surface area contributed by atoms with Gasteiger partial charge in [-0.2, -0.15) is 4.98 Å². The van der Waals surface area contributed by atoms with Crippen molar-refractivity contribution in [2.24, 2.45) is 0 Å². The van der Waals surface area contributed by atoms with Crippen LogP contribution >= 0.6 is 0 Å². The molecule has 0 amide bonds. The first-order valence-corrected chi connectivity index (χ1v) is 7.59. The monoisotopic (exact) mass is 330 g/mol. The van der Waals surface area contributed by atoms with E-state index < -0.39 is 5.97 Å². The second-order valence-corrected chi connectivity index (χ2v) is 5.66. The first-order chi connectivity index (χ1) is 11.6. The third-order valence-corrected chi connectivity index (χ3v) is 3.55. The number of ether oxygens (including phenoxy) is 2. The minimum absolute atomic E-state index is 0.0395. The second-order valence-electron chi connectivity index (χ2n) is 5.66. The molecule has 0 unspecified atom stereocenters. The highest BCUT2D eigenvalue weighted by Crippen LogP contribution is 2.26. The highest BCUT2D eigenvalue weighted by molar-refractivity contribution is 5.86. The van der Waals surface area contributed by atoms with Crippen LogP contribution in [0.4, 0.5) is 0 Å². The van der Waals surface area contributed by atoms with Crippen LogP contribution in [0.2, 0.25) is 0 Å². The van der Waals surface area contributed by atoms with Gasteiger partial charge in [-0.25, -0.2) is 0 Å². The van der Waals surface area contributed by atoms with Gasteiger partial charge in [0, 0.05) is 22.9 Å². The molecule has 7 nitrogen and oxygen atoms in total. The SMILES string of the molecule is COc1ccc2c(CC(=O)OCc3nc(C(C)C)no3)coc2c1. The number of methoxy groups -OCH3 is 1. The highest BCUT2D eigenvalue weighted by atomic mass is 16.6. The molecule has 0 fully saturated rings. The summed E-state index contributed by atoms with van der Waals surface area (Å²) in [7, 11) is 1.59. The van der Waals surface area contributed by atoms with Crippen LogP contribution < -0.4 is 4.74 Å². The van der Waals surface area contributed by atoms with E-state index in [1.807, 2.05) is 26.0 Å². The largest absolute Gasteiger partial charge is 0.497 e. The maximum absolute atomic E-state index is 12.0.